The van der Waals surface area contributed by atoms with Crippen molar-refractivity contribution >= 4 is 33.1 Å². The summed E-state index contributed by atoms with van der Waals surface area (Å²) >= 11 is 7.67. The molecule has 7 heteroatoms. The Morgan fingerprint density at radius 1 is 1.14 bits per heavy atom. The molecule has 0 saturated carbocycles. The first-order valence-corrected chi connectivity index (χ1v) is 6.95. The highest BCUT2D eigenvalue weighted by Gasteiger charge is 2.14. The van der Waals surface area contributed by atoms with Gasteiger partial charge in [0.25, 0.3) is 0 Å². The molecule has 0 atom stereocenters. The van der Waals surface area contributed by atoms with Crippen molar-refractivity contribution in [3.8, 4) is 5.75 Å². The summed E-state index contributed by atoms with van der Waals surface area (Å²) in [4.78, 5) is 0.0459. The van der Waals surface area contributed by atoms with Gasteiger partial charge in [0.05, 0.1) is 10.0 Å². The Balaban J connectivity index is 2.21. The first-order chi connectivity index (χ1) is 9.90. The fraction of sp³-hybridized carbons (Fsp3) is 0.0714. The maximum atomic E-state index is 13.8. The summed E-state index contributed by atoms with van der Waals surface area (Å²) in [5, 5.41) is 0. The Kier molecular flexibility index (Phi) is 4.84. The molecule has 0 aliphatic rings. The highest BCUT2D eigenvalue weighted by atomic mass is 79.9. The van der Waals surface area contributed by atoms with Crippen LogP contribution in [-0.2, 0) is 6.61 Å². The van der Waals surface area contributed by atoms with E-state index in [1.54, 1.807) is 0 Å². The smallest absolute Gasteiger partial charge is 0.165 e. The highest BCUT2D eigenvalue weighted by Crippen LogP contribution is 2.24. The van der Waals surface area contributed by atoms with E-state index >= 15 is 0 Å². The van der Waals surface area contributed by atoms with Crippen LogP contribution >= 0.6 is 28.1 Å². The van der Waals surface area contributed by atoms with E-state index in [4.69, 9.17) is 22.7 Å². The number of thiocarbonyl (C=S) groups is 1. The molecular weight excluding hydrogens is 367 g/mol. The Labute approximate surface area is 132 Å². The molecule has 0 heterocycles. The first kappa shape index (κ1) is 15.8. The van der Waals surface area contributed by atoms with E-state index < -0.39 is 24.1 Å². The van der Waals surface area contributed by atoms with Crippen LogP contribution in [0.5, 0.6) is 5.75 Å². The summed E-state index contributed by atoms with van der Waals surface area (Å²) in [7, 11) is 0. The number of benzene rings is 2. The van der Waals surface area contributed by atoms with E-state index in [9.17, 15) is 13.2 Å². The van der Waals surface area contributed by atoms with Crippen molar-refractivity contribution < 1.29 is 17.9 Å². The van der Waals surface area contributed by atoms with Crippen molar-refractivity contribution in [2.24, 2.45) is 5.73 Å². The van der Waals surface area contributed by atoms with Crippen LogP contribution in [0.2, 0.25) is 0 Å². The van der Waals surface area contributed by atoms with Gasteiger partial charge < -0.3 is 10.5 Å². The lowest BCUT2D eigenvalue weighted by molar-refractivity contribution is 0.278. The molecule has 0 aliphatic carbocycles. The van der Waals surface area contributed by atoms with E-state index in [1.165, 1.54) is 18.2 Å². The van der Waals surface area contributed by atoms with Gasteiger partial charge in [-0.3, -0.25) is 0 Å². The van der Waals surface area contributed by atoms with Crippen molar-refractivity contribution in [2.75, 3.05) is 0 Å². The third kappa shape index (κ3) is 3.54. The SMILES string of the molecule is NC(=S)c1ccc(OCc2c(F)ccc(Br)c2F)c(F)c1. The molecule has 0 unspecified atom stereocenters. The third-order valence-electron chi connectivity index (χ3n) is 2.73. The van der Waals surface area contributed by atoms with Crippen molar-refractivity contribution in [2.45, 2.75) is 6.61 Å². The lowest BCUT2D eigenvalue weighted by atomic mass is 10.2. The molecule has 0 bridgehead atoms. The molecule has 110 valence electrons. The molecule has 0 radical (unpaired) electrons. The molecule has 0 fully saturated rings. The number of ether oxygens (including phenoxy) is 1. The van der Waals surface area contributed by atoms with Crippen LogP contribution in [0.25, 0.3) is 0 Å². The lowest BCUT2D eigenvalue weighted by Crippen LogP contribution is -2.10. The predicted molar refractivity (Wildman–Crippen MR) is 80.7 cm³/mol. The number of hydrogen-bond acceptors (Lipinski definition) is 2. The Morgan fingerprint density at radius 3 is 2.48 bits per heavy atom. The molecule has 2 nitrogen and oxygen atoms in total. The van der Waals surface area contributed by atoms with Crippen LogP contribution in [0.1, 0.15) is 11.1 Å². The van der Waals surface area contributed by atoms with Crippen LogP contribution in [0.15, 0.2) is 34.8 Å². The molecule has 0 spiro atoms. The van der Waals surface area contributed by atoms with Gasteiger partial charge in [0, 0.05) is 5.56 Å². The van der Waals surface area contributed by atoms with Gasteiger partial charge in [0.1, 0.15) is 23.2 Å². The first-order valence-electron chi connectivity index (χ1n) is 5.74. The van der Waals surface area contributed by atoms with E-state index in [0.717, 1.165) is 12.1 Å². The van der Waals surface area contributed by atoms with Crippen LogP contribution in [0.4, 0.5) is 13.2 Å². The summed E-state index contributed by atoms with van der Waals surface area (Å²) in [6.07, 6.45) is 0. The minimum absolute atomic E-state index is 0.0459. The van der Waals surface area contributed by atoms with Crippen LogP contribution < -0.4 is 10.5 Å². The maximum absolute atomic E-state index is 13.8. The van der Waals surface area contributed by atoms with Crippen LogP contribution in [0, 0.1) is 17.5 Å². The Morgan fingerprint density at radius 2 is 1.86 bits per heavy atom. The second kappa shape index (κ2) is 6.44. The monoisotopic (exact) mass is 375 g/mol. The summed E-state index contributed by atoms with van der Waals surface area (Å²) in [5.41, 5.74) is 5.43. The zero-order valence-corrected chi connectivity index (χ0v) is 12.9. The van der Waals surface area contributed by atoms with Crippen molar-refractivity contribution in [1.82, 2.24) is 0 Å². The van der Waals surface area contributed by atoms with Gasteiger partial charge >= 0.3 is 0 Å². The van der Waals surface area contributed by atoms with Gasteiger partial charge in [-0.05, 0) is 46.3 Å². The molecule has 0 amide bonds. The maximum Gasteiger partial charge on any atom is 0.165 e. The summed E-state index contributed by atoms with van der Waals surface area (Å²) in [5.74, 6) is -2.41. The quantitative estimate of drug-likeness (QED) is 0.645. The predicted octanol–water partition coefficient (Wildman–Crippen LogP) is 4.08. The molecule has 2 N–H and O–H groups in total. The number of halogens is 4. The zero-order valence-electron chi connectivity index (χ0n) is 10.5. The second-order valence-corrected chi connectivity index (χ2v) is 5.41. The minimum atomic E-state index is -0.782. The van der Waals surface area contributed by atoms with Gasteiger partial charge in [-0.1, -0.05) is 12.2 Å². The standard InChI is InChI=1S/C14H9BrF3NOS/c15-9-2-3-10(16)8(13(9)18)6-20-12-4-1-7(14(19)21)5-11(12)17/h1-5H,6H2,(H2,19,21). The molecule has 0 saturated heterocycles. The van der Waals surface area contributed by atoms with Gasteiger partial charge in [0.15, 0.2) is 11.6 Å². The molecule has 21 heavy (non-hydrogen) atoms. The van der Waals surface area contributed by atoms with E-state index in [-0.39, 0.29) is 20.8 Å². The van der Waals surface area contributed by atoms with Gasteiger partial charge in [-0.2, -0.15) is 0 Å². The van der Waals surface area contributed by atoms with Crippen molar-refractivity contribution in [3.63, 3.8) is 0 Å². The molecule has 2 aromatic rings. The lowest BCUT2D eigenvalue weighted by Gasteiger charge is -2.10. The number of rotatable bonds is 4. The van der Waals surface area contributed by atoms with E-state index in [2.05, 4.69) is 15.9 Å². The fourth-order valence-electron chi connectivity index (χ4n) is 1.62. The van der Waals surface area contributed by atoms with Gasteiger partial charge in [-0.25, -0.2) is 13.2 Å². The third-order valence-corrected chi connectivity index (χ3v) is 3.58. The normalized spacial score (nSPS) is 10.5. The van der Waals surface area contributed by atoms with Crippen LogP contribution in [-0.4, -0.2) is 4.99 Å². The minimum Gasteiger partial charge on any atom is -0.486 e. The van der Waals surface area contributed by atoms with Crippen LogP contribution in [0.3, 0.4) is 0 Å². The summed E-state index contributed by atoms with van der Waals surface area (Å²) in [6.45, 7) is -0.444. The van der Waals surface area contributed by atoms with Gasteiger partial charge in [0.2, 0.25) is 0 Å². The Bertz CT molecular complexity index is 709. The largest absolute Gasteiger partial charge is 0.486 e. The number of nitrogens with two attached hydrogens (primary N) is 1. The van der Waals surface area contributed by atoms with E-state index in [0.29, 0.717) is 5.56 Å². The topological polar surface area (TPSA) is 35.2 Å². The molecular formula is C14H9BrF3NOS. The molecule has 2 rings (SSSR count). The van der Waals surface area contributed by atoms with E-state index in [1.807, 2.05) is 0 Å². The summed E-state index contributed by atoms with van der Waals surface area (Å²) < 4.78 is 46.3. The second-order valence-electron chi connectivity index (χ2n) is 4.12. The molecule has 2 aromatic carbocycles. The highest BCUT2D eigenvalue weighted by molar-refractivity contribution is 9.10. The van der Waals surface area contributed by atoms with Crippen molar-refractivity contribution in [3.05, 3.63) is 63.4 Å². The van der Waals surface area contributed by atoms with Gasteiger partial charge in [-0.15, -0.1) is 0 Å². The average molecular weight is 376 g/mol. The summed E-state index contributed by atoms with van der Waals surface area (Å²) in [6, 6.07) is 6.21. The fourth-order valence-corrected chi connectivity index (χ4v) is 2.12. The number of hydrogen-bond donors (Lipinski definition) is 1. The average Bonchev–Trinajstić information content (AvgIpc) is 2.44. The van der Waals surface area contributed by atoms with Crippen molar-refractivity contribution in [1.29, 1.82) is 0 Å². The Hall–Kier alpha value is -1.60. The molecule has 0 aromatic heterocycles. The zero-order chi connectivity index (χ0) is 15.6. The molecule has 0 aliphatic heterocycles.